The Morgan fingerprint density at radius 2 is 1.70 bits per heavy atom. The molecule has 0 aliphatic heterocycles. The molecule has 6 nitrogen and oxygen atoms in total. The van der Waals surface area contributed by atoms with Crippen LogP contribution in [0, 0.1) is 12.7 Å². The molecule has 1 amide bonds. The molecule has 0 aliphatic carbocycles. The average molecular weight is 408 g/mol. The SMILES string of the molecule is CCOC(=O)c1c(C)[nH]c(C(=O)C(=O)NCc2ccc(F)cc2)c1-c1ccccc1. The summed E-state index contributed by atoms with van der Waals surface area (Å²) in [6, 6.07) is 14.4. The molecule has 0 saturated heterocycles. The first kappa shape index (κ1) is 21.0. The van der Waals surface area contributed by atoms with Gasteiger partial charge in [0.2, 0.25) is 0 Å². The molecule has 1 aromatic heterocycles. The van der Waals surface area contributed by atoms with E-state index in [4.69, 9.17) is 4.74 Å². The lowest BCUT2D eigenvalue weighted by molar-refractivity contribution is -0.117. The molecule has 0 fully saturated rings. The number of carbonyl (C=O) groups excluding carboxylic acids is 3. The first-order valence-electron chi connectivity index (χ1n) is 9.44. The largest absolute Gasteiger partial charge is 0.462 e. The maximum atomic E-state index is 13.0. The third kappa shape index (κ3) is 4.46. The molecule has 0 aliphatic rings. The molecule has 0 unspecified atom stereocenters. The van der Waals surface area contributed by atoms with Gasteiger partial charge in [-0.1, -0.05) is 42.5 Å². The maximum absolute atomic E-state index is 13.0. The van der Waals surface area contributed by atoms with Crippen molar-refractivity contribution in [3.8, 4) is 11.1 Å². The van der Waals surface area contributed by atoms with Crippen LogP contribution in [0.3, 0.4) is 0 Å². The summed E-state index contributed by atoms with van der Waals surface area (Å²) < 4.78 is 18.2. The van der Waals surface area contributed by atoms with Gasteiger partial charge in [-0.3, -0.25) is 9.59 Å². The van der Waals surface area contributed by atoms with Gasteiger partial charge < -0.3 is 15.0 Å². The van der Waals surface area contributed by atoms with Gasteiger partial charge in [-0.05, 0) is 37.1 Å². The molecule has 7 heteroatoms. The number of rotatable bonds is 7. The highest BCUT2D eigenvalue weighted by Crippen LogP contribution is 2.31. The van der Waals surface area contributed by atoms with E-state index in [-0.39, 0.29) is 30.2 Å². The fraction of sp³-hybridized carbons (Fsp3) is 0.174. The monoisotopic (exact) mass is 408 g/mol. The molecule has 2 N–H and O–H groups in total. The molecule has 0 atom stereocenters. The first-order valence-corrected chi connectivity index (χ1v) is 9.44. The van der Waals surface area contributed by atoms with Crippen molar-refractivity contribution in [2.75, 3.05) is 6.61 Å². The fourth-order valence-corrected chi connectivity index (χ4v) is 3.13. The summed E-state index contributed by atoms with van der Waals surface area (Å²) in [5, 5.41) is 2.53. The average Bonchev–Trinajstić information content (AvgIpc) is 3.10. The van der Waals surface area contributed by atoms with Crippen molar-refractivity contribution < 1.29 is 23.5 Å². The van der Waals surface area contributed by atoms with Crippen molar-refractivity contribution in [2.24, 2.45) is 0 Å². The summed E-state index contributed by atoms with van der Waals surface area (Å²) in [5.41, 5.74) is 2.25. The lowest BCUT2D eigenvalue weighted by atomic mass is 9.98. The number of esters is 1. The third-order valence-corrected chi connectivity index (χ3v) is 4.53. The van der Waals surface area contributed by atoms with Crippen molar-refractivity contribution in [1.82, 2.24) is 10.3 Å². The van der Waals surface area contributed by atoms with Crippen LogP contribution in [-0.4, -0.2) is 29.3 Å². The number of aromatic amines is 1. The Morgan fingerprint density at radius 1 is 1.03 bits per heavy atom. The number of benzene rings is 2. The van der Waals surface area contributed by atoms with Gasteiger partial charge in [0.15, 0.2) is 0 Å². The number of aromatic nitrogens is 1. The van der Waals surface area contributed by atoms with Crippen LogP contribution in [-0.2, 0) is 16.1 Å². The van der Waals surface area contributed by atoms with Gasteiger partial charge in [0.25, 0.3) is 11.7 Å². The number of carbonyl (C=O) groups is 3. The molecule has 2 aromatic carbocycles. The number of amides is 1. The molecule has 154 valence electrons. The Bertz CT molecular complexity index is 1070. The van der Waals surface area contributed by atoms with Gasteiger partial charge in [0, 0.05) is 17.8 Å². The molecule has 30 heavy (non-hydrogen) atoms. The minimum Gasteiger partial charge on any atom is -0.462 e. The van der Waals surface area contributed by atoms with E-state index in [0.29, 0.717) is 22.4 Å². The number of hydrogen-bond donors (Lipinski definition) is 2. The number of H-pyrrole nitrogens is 1. The Labute approximate surface area is 173 Å². The topological polar surface area (TPSA) is 88.3 Å². The molecule has 3 rings (SSSR count). The highest BCUT2D eigenvalue weighted by Gasteiger charge is 2.29. The summed E-state index contributed by atoms with van der Waals surface area (Å²) in [6.07, 6.45) is 0. The molecule has 0 radical (unpaired) electrons. The normalized spacial score (nSPS) is 10.5. The first-order chi connectivity index (χ1) is 14.4. The number of Topliss-reactive ketones (excluding diaryl/α,β-unsaturated/α-hetero) is 1. The molecule has 0 bridgehead atoms. The zero-order valence-corrected chi connectivity index (χ0v) is 16.6. The third-order valence-electron chi connectivity index (χ3n) is 4.53. The fourth-order valence-electron chi connectivity index (χ4n) is 3.13. The van der Waals surface area contributed by atoms with Crippen LogP contribution in [0.25, 0.3) is 11.1 Å². The Balaban J connectivity index is 1.93. The lowest BCUT2D eigenvalue weighted by Gasteiger charge is -2.08. The summed E-state index contributed by atoms with van der Waals surface area (Å²) in [5.74, 6) is -2.61. The second kappa shape index (κ2) is 9.17. The minimum absolute atomic E-state index is 0.0124. The van der Waals surface area contributed by atoms with Crippen LogP contribution in [0.1, 0.15) is 39.0 Å². The van der Waals surface area contributed by atoms with Gasteiger partial charge in [0.1, 0.15) is 11.5 Å². The number of hydrogen-bond acceptors (Lipinski definition) is 4. The summed E-state index contributed by atoms with van der Waals surface area (Å²) in [7, 11) is 0. The van der Waals surface area contributed by atoms with E-state index in [1.54, 1.807) is 38.1 Å². The van der Waals surface area contributed by atoms with Crippen LogP contribution in [0.15, 0.2) is 54.6 Å². The zero-order valence-electron chi connectivity index (χ0n) is 16.6. The summed E-state index contributed by atoms with van der Waals surface area (Å²) in [4.78, 5) is 40.8. The number of aryl methyl sites for hydroxylation is 1. The van der Waals surface area contributed by atoms with E-state index in [9.17, 15) is 18.8 Å². The molecule has 3 aromatic rings. The minimum atomic E-state index is -0.840. The van der Waals surface area contributed by atoms with E-state index in [1.807, 2.05) is 6.07 Å². The molecule has 0 saturated carbocycles. The van der Waals surface area contributed by atoms with Gasteiger partial charge in [-0.25, -0.2) is 9.18 Å². The molecule has 1 heterocycles. The zero-order chi connectivity index (χ0) is 21.7. The van der Waals surface area contributed by atoms with Crippen molar-refractivity contribution in [1.29, 1.82) is 0 Å². The number of ketones is 1. The van der Waals surface area contributed by atoms with Crippen LogP contribution >= 0.6 is 0 Å². The smallest absolute Gasteiger partial charge is 0.340 e. The number of nitrogens with one attached hydrogen (secondary N) is 2. The van der Waals surface area contributed by atoms with Gasteiger partial charge in [-0.15, -0.1) is 0 Å². The molecule has 0 spiro atoms. The van der Waals surface area contributed by atoms with E-state index in [0.717, 1.165) is 0 Å². The lowest BCUT2D eigenvalue weighted by Crippen LogP contribution is -2.31. The maximum Gasteiger partial charge on any atom is 0.340 e. The quantitative estimate of drug-likeness (QED) is 0.354. The Hall–Kier alpha value is -3.74. The Kier molecular flexibility index (Phi) is 6.41. The predicted molar refractivity (Wildman–Crippen MR) is 109 cm³/mol. The summed E-state index contributed by atoms with van der Waals surface area (Å²) >= 11 is 0. The van der Waals surface area contributed by atoms with E-state index in [2.05, 4.69) is 10.3 Å². The Morgan fingerprint density at radius 3 is 2.33 bits per heavy atom. The second-order valence-corrected chi connectivity index (χ2v) is 6.60. The second-order valence-electron chi connectivity index (χ2n) is 6.60. The van der Waals surface area contributed by atoms with Crippen molar-refractivity contribution >= 4 is 17.7 Å². The predicted octanol–water partition coefficient (Wildman–Crippen LogP) is 3.81. The highest BCUT2D eigenvalue weighted by atomic mass is 19.1. The standard InChI is InChI=1S/C23H21FN2O4/c1-3-30-23(29)18-14(2)26-20(19(18)16-7-5-4-6-8-16)21(27)22(28)25-13-15-9-11-17(24)12-10-15/h4-12,26H,3,13H2,1-2H3,(H,25,28). The molecular weight excluding hydrogens is 387 g/mol. The van der Waals surface area contributed by atoms with Crippen LogP contribution in [0.5, 0.6) is 0 Å². The number of ether oxygens (including phenoxy) is 1. The van der Waals surface area contributed by atoms with E-state index < -0.39 is 17.7 Å². The van der Waals surface area contributed by atoms with Gasteiger partial charge in [-0.2, -0.15) is 0 Å². The van der Waals surface area contributed by atoms with Crippen LogP contribution in [0.4, 0.5) is 4.39 Å². The van der Waals surface area contributed by atoms with Crippen molar-refractivity contribution in [2.45, 2.75) is 20.4 Å². The van der Waals surface area contributed by atoms with Gasteiger partial charge >= 0.3 is 5.97 Å². The van der Waals surface area contributed by atoms with Gasteiger partial charge in [0.05, 0.1) is 12.2 Å². The van der Waals surface area contributed by atoms with Crippen LogP contribution < -0.4 is 5.32 Å². The van der Waals surface area contributed by atoms with Crippen molar-refractivity contribution in [3.05, 3.63) is 82.9 Å². The van der Waals surface area contributed by atoms with E-state index in [1.165, 1.54) is 24.3 Å². The van der Waals surface area contributed by atoms with E-state index >= 15 is 0 Å². The summed E-state index contributed by atoms with van der Waals surface area (Å²) in [6.45, 7) is 3.58. The van der Waals surface area contributed by atoms with Crippen molar-refractivity contribution in [3.63, 3.8) is 0 Å². The highest BCUT2D eigenvalue weighted by molar-refractivity contribution is 6.43. The van der Waals surface area contributed by atoms with Crippen LogP contribution in [0.2, 0.25) is 0 Å². The molecular formula is C23H21FN2O4. The number of halogens is 1.